The van der Waals surface area contributed by atoms with Crippen LogP contribution in [-0.4, -0.2) is 5.91 Å². The molecule has 0 radical (unpaired) electrons. The van der Waals surface area contributed by atoms with Gasteiger partial charge in [0.2, 0.25) is 5.91 Å². The van der Waals surface area contributed by atoms with E-state index in [2.05, 4.69) is 21.2 Å². The maximum absolute atomic E-state index is 11.8. The third-order valence-corrected chi connectivity index (χ3v) is 3.51. The third kappa shape index (κ3) is 4.22. The molecule has 0 aliphatic carbocycles. The number of amides is 1. The number of hydrogen-bond acceptors (Lipinski definition) is 1. The van der Waals surface area contributed by atoms with Crippen LogP contribution in [0.5, 0.6) is 0 Å². The highest BCUT2D eigenvalue weighted by atomic mass is 79.9. The number of nitrogens with one attached hydrogen (secondary N) is 1. The number of rotatable bonds is 3. The summed E-state index contributed by atoms with van der Waals surface area (Å²) in [6.45, 7) is 1.90. The fourth-order valence-electron chi connectivity index (χ4n) is 1.69. The van der Waals surface area contributed by atoms with Crippen molar-refractivity contribution in [1.82, 2.24) is 0 Å². The molecule has 0 atom stereocenters. The predicted molar refractivity (Wildman–Crippen MR) is 88.0 cm³/mol. The molecule has 2 nitrogen and oxygen atoms in total. The summed E-state index contributed by atoms with van der Waals surface area (Å²) >= 11 is 9.25. The van der Waals surface area contributed by atoms with Crippen LogP contribution >= 0.6 is 27.5 Å². The molecule has 4 heteroatoms. The normalized spacial score (nSPS) is 10.8. The first-order valence-electron chi connectivity index (χ1n) is 6.05. The van der Waals surface area contributed by atoms with E-state index < -0.39 is 0 Å². The SMILES string of the molecule is Cc1cc(Cl)ccc1NC(=O)/C=C/c1ccc(Br)cc1. The van der Waals surface area contributed by atoms with Gasteiger partial charge in [-0.25, -0.2) is 0 Å². The summed E-state index contributed by atoms with van der Waals surface area (Å²) in [5, 5.41) is 3.48. The molecule has 1 N–H and O–H groups in total. The van der Waals surface area contributed by atoms with E-state index in [0.717, 1.165) is 21.3 Å². The van der Waals surface area contributed by atoms with Crippen molar-refractivity contribution < 1.29 is 4.79 Å². The zero-order valence-electron chi connectivity index (χ0n) is 10.9. The maximum atomic E-state index is 11.8. The van der Waals surface area contributed by atoms with Crippen molar-refractivity contribution in [2.75, 3.05) is 5.32 Å². The van der Waals surface area contributed by atoms with Gasteiger partial charge in [-0.3, -0.25) is 4.79 Å². The van der Waals surface area contributed by atoms with Gasteiger partial charge in [0.15, 0.2) is 0 Å². The Morgan fingerprint density at radius 2 is 1.90 bits per heavy atom. The first kappa shape index (κ1) is 14.8. The molecule has 20 heavy (non-hydrogen) atoms. The average Bonchev–Trinajstić information content (AvgIpc) is 2.41. The van der Waals surface area contributed by atoms with Crippen LogP contribution in [0.2, 0.25) is 5.02 Å². The Hall–Kier alpha value is -1.58. The van der Waals surface area contributed by atoms with E-state index in [-0.39, 0.29) is 5.91 Å². The molecule has 0 aliphatic rings. The Bertz CT molecular complexity index is 650. The Balaban J connectivity index is 2.03. The minimum atomic E-state index is -0.168. The molecule has 0 bridgehead atoms. The van der Waals surface area contributed by atoms with Crippen LogP contribution in [0.4, 0.5) is 5.69 Å². The average molecular weight is 351 g/mol. The smallest absolute Gasteiger partial charge is 0.248 e. The minimum Gasteiger partial charge on any atom is -0.322 e. The molecule has 0 heterocycles. The van der Waals surface area contributed by atoms with E-state index in [0.29, 0.717) is 5.02 Å². The Morgan fingerprint density at radius 3 is 2.55 bits per heavy atom. The van der Waals surface area contributed by atoms with E-state index in [1.54, 1.807) is 18.2 Å². The van der Waals surface area contributed by atoms with Crippen molar-refractivity contribution in [1.29, 1.82) is 0 Å². The van der Waals surface area contributed by atoms with Crippen molar-refractivity contribution in [2.24, 2.45) is 0 Å². The first-order chi connectivity index (χ1) is 9.54. The summed E-state index contributed by atoms with van der Waals surface area (Å²) in [5.74, 6) is -0.168. The van der Waals surface area contributed by atoms with E-state index >= 15 is 0 Å². The van der Waals surface area contributed by atoms with Crippen molar-refractivity contribution in [3.8, 4) is 0 Å². The molecule has 2 aromatic rings. The molecular weight excluding hydrogens is 338 g/mol. The monoisotopic (exact) mass is 349 g/mol. The van der Waals surface area contributed by atoms with E-state index in [1.807, 2.05) is 37.3 Å². The largest absolute Gasteiger partial charge is 0.322 e. The molecule has 2 aromatic carbocycles. The van der Waals surface area contributed by atoms with Crippen LogP contribution in [0, 0.1) is 6.92 Å². The van der Waals surface area contributed by atoms with Gasteiger partial charge in [0.25, 0.3) is 0 Å². The number of aryl methyl sites for hydroxylation is 1. The van der Waals surface area contributed by atoms with Crippen molar-refractivity contribution in [3.05, 3.63) is 69.2 Å². The highest BCUT2D eigenvalue weighted by molar-refractivity contribution is 9.10. The Labute approximate surface area is 131 Å². The zero-order chi connectivity index (χ0) is 14.5. The number of benzene rings is 2. The number of carbonyl (C=O) groups excluding carboxylic acids is 1. The summed E-state index contributed by atoms with van der Waals surface area (Å²) in [7, 11) is 0. The van der Waals surface area contributed by atoms with E-state index in [9.17, 15) is 4.79 Å². The number of halogens is 2. The summed E-state index contributed by atoms with van der Waals surface area (Å²) in [4.78, 5) is 11.8. The number of anilines is 1. The Kier molecular flexibility index (Phi) is 4.99. The van der Waals surface area contributed by atoms with Crippen molar-refractivity contribution >= 4 is 45.2 Å². The van der Waals surface area contributed by atoms with Crippen molar-refractivity contribution in [2.45, 2.75) is 6.92 Å². The summed E-state index contributed by atoms with van der Waals surface area (Å²) in [5.41, 5.74) is 2.67. The molecule has 0 aromatic heterocycles. The second-order valence-electron chi connectivity index (χ2n) is 4.33. The lowest BCUT2D eigenvalue weighted by molar-refractivity contribution is -0.111. The fraction of sp³-hybridized carbons (Fsp3) is 0.0625. The lowest BCUT2D eigenvalue weighted by Crippen LogP contribution is -2.08. The van der Waals surface area contributed by atoms with Crippen LogP contribution in [0.15, 0.2) is 53.0 Å². The van der Waals surface area contributed by atoms with Gasteiger partial charge in [-0.1, -0.05) is 39.7 Å². The van der Waals surface area contributed by atoms with Crippen LogP contribution < -0.4 is 5.32 Å². The highest BCUT2D eigenvalue weighted by Gasteiger charge is 2.02. The zero-order valence-corrected chi connectivity index (χ0v) is 13.2. The fourth-order valence-corrected chi connectivity index (χ4v) is 2.18. The number of carbonyl (C=O) groups is 1. The number of hydrogen-bond donors (Lipinski definition) is 1. The van der Waals surface area contributed by atoms with Gasteiger partial charge in [0.1, 0.15) is 0 Å². The third-order valence-electron chi connectivity index (χ3n) is 2.74. The topological polar surface area (TPSA) is 29.1 Å². The van der Waals surface area contributed by atoms with Gasteiger partial charge >= 0.3 is 0 Å². The quantitative estimate of drug-likeness (QED) is 0.770. The second kappa shape index (κ2) is 6.73. The van der Waals surface area contributed by atoms with E-state index in [1.165, 1.54) is 6.08 Å². The molecule has 2 rings (SSSR count). The van der Waals surface area contributed by atoms with Gasteiger partial charge in [-0.2, -0.15) is 0 Å². The summed E-state index contributed by atoms with van der Waals surface area (Å²) in [6, 6.07) is 13.1. The summed E-state index contributed by atoms with van der Waals surface area (Å²) < 4.78 is 1.01. The van der Waals surface area contributed by atoms with Crippen molar-refractivity contribution in [3.63, 3.8) is 0 Å². The van der Waals surface area contributed by atoms with Gasteiger partial charge in [0.05, 0.1) is 0 Å². The maximum Gasteiger partial charge on any atom is 0.248 e. The standard InChI is InChI=1S/C16H13BrClNO/c1-11-10-14(18)7-8-15(11)19-16(20)9-4-12-2-5-13(17)6-3-12/h2-10H,1H3,(H,19,20)/b9-4+. The molecule has 0 saturated heterocycles. The lowest BCUT2D eigenvalue weighted by Gasteiger charge is -2.06. The molecular formula is C16H13BrClNO. The highest BCUT2D eigenvalue weighted by Crippen LogP contribution is 2.19. The summed E-state index contributed by atoms with van der Waals surface area (Å²) in [6.07, 6.45) is 3.28. The van der Waals surface area contributed by atoms with Crippen LogP contribution in [-0.2, 0) is 4.79 Å². The van der Waals surface area contributed by atoms with E-state index in [4.69, 9.17) is 11.6 Å². The van der Waals surface area contributed by atoms with Gasteiger partial charge in [0, 0.05) is 21.3 Å². The first-order valence-corrected chi connectivity index (χ1v) is 7.22. The van der Waals surface area contributed by atoms with Gasteiger partial charge < -0.3 is 5.32 Å². The molecule has 0 unspecified atom stereocenters. The van der Waals surface area contributed by atoms with Crippen LogP contribution in [0.25, 0.3) is 6.08 Å². The second-order valence-corrected chi connectivity index (χ2v) is 5.69. The van der Waals surface area contributed by atoms with Crippen LogP contribution in [0.1, 0.15) is 11.1 Å². The minimum absolute atomic E-state index is 0.168. The molecule has 0 aliphatic heterocycles. The predicted octanol–water partition coefficient (Wildman–Crippen LogP) is 5.06. The molecule has 0 spiro atoms. The molecule has 102 valence electrons. The van der Waals surface area contributed by atoms with Gasteiger partial charge in [-0.05, 0) is 54.5 Å². The van der Waals surface area contributed by atoms with Crippen LogP contribution in [0.3, 0.4) is 0 Å². The molecule has 1 amide bonds. The molecule has 0 fully saturated rings. The Morgan fingerprint density at radius 1 is 1.20 bits per heavy atom. The lowest BCUT2D eigenvalue weighted by atomic mass is 10.2. The van der Waals surface area contributed by atoms with Gasteiger partial charge in [-0.15, -0.1) is 0 Å². The molecule has 0 saturated carbocycles.